The number of nitrogens with one attached hydrogen (secondary N) is 1. The first kappa shape index (κ1) is 17.5. The smallest absolute Gasteiger partial charge is 0.0606 e. The summed E-state index contributed by atoms with van der Waals surface area (Å²) in [6, 6.07) is 0.806. The van der Waals surface area contributed by atoms with Gasteiger partial charge in [0.2, 0.25) is 0 Å². The Bertz CT molecular complexity index is 209. The first-order valence-electron chi connectivity index (χ1n) is 6.17. The molecule has 104 valence electrons. The third kappa shape index (κ3) is 5.31. The van der Waals surface area contributed by atoms with E-state index < -0.39 is 0 Å². The molecule has 2 rings (SSSR count). The van der Waals surface area contributed by atoms with Gasteiger partial charge in [-0.3, -0.25) is 4.90 Å². The lowest BCUT2D eigenvalue weighted by Gasteiger charge is -2.43. The van der Waals surface area contributed by atoms with Gasteiger partial charge in [0.1, 0.15) is 0 Å². The maximum atomic E-state index is 6.02. The van der Waals surface area contributed by atoms with Gasteiger partial charge < -0.3 is 10.1 Å². The fourth-order valence-electron chi connectivity index (χ4n) is 2.39. The molecule has 2 aliphatic heterocycles. The highest BCUT2D eigenvalue weighted by molar-refractivity contribution is 5.85. The van der Waals surface area contributed by atoms with Crippen molar-refractivity contribution in [3.63, 3.8) is 0 Å². The highest BCUT2D eigenvalue weighted by atomic mass is 35.5. The van der Waals surface area contributed by atoms with Crippen molar-refractivity contribution in [3.05, 3.63) is 0 Å². The Morgan fingerprint density at radius 3 is 1.94 bits per heavy atom. The number of rotatable bonds is 2. The summed E-state index contributed by atoms with van der Waals surface area (Å²) in [5.41, 5.74) is 0.0187. The summed E-state index contributed by atoms with van der Waals surface area (Å²) in [6.45, 7) is 11.2. The van der Waals surface area contributed by atoms with Crippen LogP contribution >= 0.6 is 24.8 Å². The molecular weight excluding hydrogens is 259 g/mol. The molecule has 0 bridgehead atoms. The Hall–Kier alpha value is 0.460. The predicted molar refractivity (Wildman–Crippen MR) is 76.6 cm³/mol. The van der Waals surface area contributed by atoms with Gasteiger partial charge in [0.15, 0.2) is 0 Å². The van der Waals surface area contributed by atoms with E-state index in [1.165, 1.54) is 39.0 Å². The first-order chi connectivity index (χ1) is 7.04. The lowest BCUT2D eigenvalue weighted by Crippen LogP contribution is -2.59. The van der Waals surface area contributed by atoms with Crippen LogP contribution in [0.5, 0.6) is 0 Å². The molecule has 2 fully saturated rings. The minimum atomic E-state index is 0. The summed E-state index contributed by atoms with van der Waals surface area (Å²) in [5.74, 6) is 0. The van der Waals surface area contributed by atoms with E-state index in [2.05, 4.69) is 31.0 Å². The van der Waals surface area contributed by atoms with Gasteiger partial charge in [0, 0.05) is 32.2 Å². The van der Waals surface area contributed by atoms with Gasteiger partial charge in [-0.1, -0.05) is 0 Å². The van der Waals surface area contributed by atoms with Crippen molar-refractivity contribution in [2.45, 2.75) is 51.4 Å². The van der Waals surface area contributed by atoms with Gasteiger partial charge in [0.05, 0.1) is 11.7 Å². The Balaban J connectivity index is 0.00000128. The van der Waals surface area contributed by atoms with E-state index >= 15 is 0 Å². The Kier molecular flexibility index (Phi) is 7.34. The highest BCUT2D eigenvalue weighted by Gasteiger charge is 2.30. The average Bonchev–Trinajstić information content (AvgIpc) is 2.02. The highest BCUT2D eigenvalue weighted by Crippen LogP contribution is 2.21. The van der Waals surface area contributed by atoms with Crippen LogP contribution in [0.2, 0.25) is 0 Å². The molecule has 1 N–H and O–H groups in total. The molecule has 2 saturated heterocycles. The van der Waals surface area contributed by atoms with Crippen molar-refractivity contribution in [3.8, 4) is 0 Å². The lowest BCUT2D eigenvalue weighted by molar-refractivity contribution is -0.0871. The molecule has 0 aromatic rings. The van der Waals surface area contributed by atoms with Crippen LogP contribution in [0.1, 0.15) is 33.6 Å². The molecule has 2 heterocycles. The number of nitrogens with zero attached hydrogens (tertiary/aromatic N) is 1. The molecule has 3 nitrogen and oxygen atoms in total. The molecule has 0 amide bonds. The molecule has 0 aromatic heterocycles. The van der Waals surface area contributed by atoms with Crippen molar-refractivity contribution in [1.82, 2.24) is 10.2 Å². The van der Waals surface area contributed by atoms with E-state index in [-0.39, 0.29) is 30.4 Å². The molecule has 0 unspecified atom stereocenters. The van der Waals surface area contributed by atoms with Gasteiger partial charge in [-0.15, -0.1) is 24.8 Å². The van der Waals surface area contributed by atoms with Crippen molar-refractivity contribution in [2.24, 2.45) is 0 Å². The predicted octanol–water partition coefficient (Wildman–Crippen LogP) is 2.08. The summed E-state index contributed by atoms with van der Waals surface area (Å²) in [4.78, 5) is 2.61. The zero-order chi connectivity index (χ0) is 10.9. The van der Waals surface area contributed by atoms with E-state index in [4.69, 9.17) is 4.74 Å². The number of hydrogen-bond donors (Lipinski definition) is 1. The summed E-state index contributed by atoms with van der Waals surface area (Å²) in [7, 11) is 0. The van der Waals surface area contributed by atoms with Gasteiger partial charge in [-0.2, -0.15) is 0 Å². The Morgan fingerprint density at radius 2 is 1.59 bits per heavy atom. The molecular formula is C12H26Cl2N2O. The molecule has 2 aliphatic rings. The zero-order valence-corrected chi connectivity index (χ0v) is 12.7. The molecule has 0 atom stereocenters. The minimum Gasteiger partial charge on any atom is -0.373 e. The summed E-state index contributed by atoms with van der Waals surface area (Å²) < 4.78 is 6.02. The standard InChI is InChI=1S/C12H24N2O.2ClH/c1-12(2,3)15-11-4-6-14(7-5-11)10-8-13-9-10;;/h10-11,13H,4-9H2,1-3H3;2*1H. The summed E-state index contributed by atoms with van der Waals surface area (Å²) >= 11 is 0. The molecule has 5 heteroatoms. The van der Waals surface area contributed by atoms with Crippen LogP contribution in [0.25, 0.3) is 0 Å². The second-order valence-corrected chi connectivity index (χ2v) is 5.78. The van der Waals surface area contributed by atoms with Crippen molar-refractivity contribution in [1.29, 1.82) is 0 Å². The SMILES string of the molecule is CC(C)(C)OC1CCN(C2CNC2)CC1.Cl.Cl. The van der Waals surface area contributed by atoms with Crippen LogP contribution in [0.3, 0.4) is 0 Å². The summed E-state index contributed by atoms with van der Waals surface area (Å²) in [5, 5.41) is 3.34. The molecule has 0 radical (unpaired) electrons. The third-order valence-electron chi connectivity index (χ3n) is 3.27. The normalized spacial score (nSPS) is 23.5. The second-order valence-electron chi connectivity index (χ2n) is 5.78. The van der Waals surface area contributed by atoms with Gasteiger partial charge in [-0.05, 0) is 33.6 Å². The van der Waals surface area contributed by atoms with Crippen LogP contribution in [0.15, 0.2) is 0 Å². The Labute approximate surface area is 117 Å². The van der Waals surface area contributed by atoms with Crippen molar-refractivity contribution >= 4 is 24.8 Å². The molecule has 0 spiro atoms. The molecule has 0 aliphatic carbocycles. The summed E-state index contributed by atoms with van der Waals surface area (Å²) in [6.07, 6.45) is 2.89. The average molecular weight is 285 g/mol. The second kappa shape index (κ2) is 7.15. The fraction of sp³-hybridized carbons (Fsp3) is 1.00. The van der Waals surface area contributed by atoms with Gasteiger partial charge in [-0.25, -0.2) is 0 Å². The van der Waals surface area contributed by atoms with Crippen LogP contribution in [0.4, 0.5) is 0 Å². The van der Waals surface area contributed by atoms with Crippen LogP contribution in [-0.4, -0.2) is 48.8 Å². The maximum Gasteiger partial charge on any atom is 0.0606 e. The first-order valence-corrected chi connectivity index (χ1v) is 6.17. The van der Waals surface area contributed by atoms with E-state index in [0.717, 1.165) is 6.04 Å². The van der Waals surface area contributed by atoms with E-state index in [1.807, 2.05) is 0 Å². The van der Waals surface area contributed by atoms with Crippen molar-refractivity contribution < 1.29 is 4.74 Å². The zero-order valence-electron chi connectivity index (χ0n) is 11.1. The number of ether oxygens (including phenoxy) is 1. The molecule has 0 saturated carbocycles. The topological polar surface area (TPSA) is 24.5 Å². The van der Waals surface area contributed by atoms with Gasteiger partial charge >= 0.3 is 0 Å². The van der Waals surface area contributed by atoms with Crippen LogP contribution < -0.4 is 5.32 Å². The molecule has 0 aromatic carbocycles. The number of hydrogen-bond acceptors (Lipinski definition) is 3. The number of piperidine rings is 1. The quantitative estimate of drug-likeness (QED) is 0.840. The van der Waals surface area contributed by atoms with Crippen LogP contribution in [0, 0.1) is 0 Å². The number of halogens is 2. The minimum absolute atomic E-state index is 0. The fourth-order valence-corrected chi connectivity index (χ4v) is 2.39. The maximum absolute atomic E-state index is 6.02. The van der Waals surface area contributed by atoms with Crippen molar-refractivity contribution in [2.75, 3.05) is 26.2 Å². The van der Waals surface area contributed by atoms with Gasteiger partial charge in [0.25, 0.3) is 0 Å². The third-order valence-corrected chi connectivity index (χ3v) is 3.27. The Morgan fingerprint density at radius 1 is 1.06 bits per heavy atom. The van der Waals surface area contributed by atoms with E-state index in [9.17, 15) is 0 Å². The monoisotopic (exact) mass is 284 g/mol. The van der Waals surface area contributed by atoms with E-state index in [0.29, 0.717) is 6.10 Å². The van der Waals surface area contributed by atoms with E-state index in [1.54, 1.807) is 0 Å². The van der Waals surface area contributed by atoms with Crippen LogP contribution in [-0.2, 0) is 4.74 Å². The molecule has 17 heavy (non-hydrogen) atoms. The largest absolute Gasteiger partial charge is 0.373 e. The lowest BCUT2D eigenvalue weighted by atomic mass is 10.0. The number of likely N-dealkylation sites (tertiary alicyclic amines) is 1.